The zero-order valence-electron chi connectivity index (χ0n) is 12.8. The van der Waals surface area contributed by atoms with Crippen LogP contribution in [0.4, 0.5) is 0 Å². The molecule has 0 amide bonds. The molecule has 1 aliphatic heterocycles. The summed E-state index contributed by atoms with van der Waals surface area (Å²) in [6.07, 6.45) is 10.8. The Morgan fingerprint density at radius 1 is 1.26 bits per heavy atom. The van der Waals surface area contributed by atoms with E-state index < -0.39 is 0 Å². The van der Waals surface area contributed by atoms with Gasteiger partial charge < -0.3 is 4.90 Å². The van der Waals surface area contributed by atoms with Crippen molar-refractivity contribution in [2.75, 3.05) is 19.6 Å². The number of rotatable bonds is 6. The highest BCUT2D eigenvalue weighted by atomic mass is 15.3. The fraction of sp³-hybridized carbons (Fsp3) is 0.812. The maximum Gasteiger partial charge on any atom is 0.0543 e. The SMILES string of the molecule is Cc1cnn(C2CCN(CCCCC(C)C)CC2)c1. The van der Waals surface area contributed by atoms with Crippen molar-refractivity contribution >= 4 is 0 Å². The first kappa shape index (κ1) is 14.6. The highest BCUT2D eigenvalue weighted by Gasteiger charge is 2.20. The van der Waals surface area contributed by atoms with Crippen molar-refractivity contribution < 1.29 is 0 Å². The minimum absolute atomic E-state index is 0.626. The van der Waals surface area contributed by atoms with Gasteiger partial charge in [-0.2, -0.15) is 5.10 Å². The van der Waals surface area contributed by atoms with Gasteiger partial charge in [-0.3, -0.25) is 4.68 Å². The predicted octanol–water partition coefficient (Wildman–Crippen LogP) is 3.65. The Hall–Kier alpha value is -0.830. The van der Waals surface area contributed by atoms with Crippen molar-refractivity contribution in [3.05, 3.63) is 18.0 Å². The van der Waals surface area contributed by atoms with Gasteiger partial charge in [0.15, 0.2) is 0 Å². The second kappa shape index (κ2) is 7.09. The number of aryl methyl sites for hydroxylation is 1. The maximum atomic E-state index is 4.46. The zero-order valence-corrected chi connectivity index (χ0v) is 12.8. The first-order valence-electron chi connectivity index (χ1n) is 7.88. The summed E-state index contributed by atoms with van der Waals surface area (Å²) >= 11 is 0. The van der Waals surface area contributed by atoms with Gasteiger partial charge in [-0.15, -0.1) is 0 Å². The third-order valence-corrected chi connectivity index (χ3v) is 4.17. The van der Waals surface area contributed by atoms with Crippen LogP contribution in [0.15, 0.2) is 12.4 Å². The Morgan fingerprint density at radius 3 is 2.58 bits per heavy atom. The molecule has 108 valence electrons. The van der Waals surface area contributed by atoms with Gasteiger partial charge >= 0.3 is 0 Å². The molecule has 3 heteroatoms. The summed E-state index contributed by atoms with van der Waals surface area (Å²) in [6.45, 7) is 10.5. The van der Waals surface area contributed by atoms with E-state index in [-0.39, 0.29) is 0 Å². The summed E-state index contributed by atoms with van der Waals surface area (Å²) in [6, 6.07) is 0.626. The van der Waals surface area contributed by atoms with Gasteiger partial charge in [0, 0.05) is 19.3 Å². The first-order valence-corrected chi connectivity index (χ1v) is 7.88. The highest BCUT2D eigenvalue weighted by Crippen LogP contribution is 2.22. The van der Waals surface area contributed by atoms with Crippen molar-refractivity contribution in [2.45, 2.75) is 58.9 Å². The van der Waals surface area contributed by atoms with Gasteiger partial charge in [0.1, 0.15) is 0 Å². The molecule has 0 saturated carbocycles. The third kappa shape index (κ3) is 4.64. The molecule has 19 heavy (non-hydrogen) atoms. The molecule has 0 atom stereocenters. The quantitative estimate of drug-likeness (QED) is 0.730. The summed E-state index contributed by atoms with van der Waals surface area (Å²) in [7, 11) is 0. The van der Waals surface area contributed by atoms with Gasteiger partial charge in [-0.25, -0.2) is 0 Å². The zero-order chi connectivity index (χ0) is 13.7. The molecule has 1 fully saturated rings. The molecule has 0 spiro atoms. The van der Waals surface area contributed by atoms with E-state index in [1.165, 1.54) is 57.3 Å². The minimum Gasteiger partial charge on any atom is -0.303 e. The van der Waals surface area contributed by atoms with Gasteiger partial charge in [0.2, 0.25) is 0 Å². The van der Waals surface area contributed by atoms with Crippen molar-refractivity contribution in [3.63, 3.8) is 0 Å². The third-order valence-electron chi connectivity index (χ3n) is 4.17. The van der Waals surface area contributed by atoms with Crippen LogP contribution in [0.25, 0.3) is 0 Å². The van der Waals surface area contributed by atoms with Crippen LogP contribution in [0, 0.1) is 12.8 Å². The van der Waals surface area contributed by atoms with Crippen LogP contribution in [0.1, 0.15) is 57.6 Å². The first-order chi connectivity index (χ1) is 9.15. The molecule has 1 aromatic rings. The van der Waals surface area contributed by atoms with Crippen LogP contribution in [0.5, 0.6) is 0 Å². The average molecular weight is 263 g/mol. The molecule has 2 rings (SSSR count). The molecule has 0 aromatic carbocycles. The molecule has 3 nitrogen and oxygen atoms in total. The lowest BCUT2D eigenvalue weighted by molar-refractivity contribution is 0.176. The highest BCUT2D eigenvalue weighted by molar-refractivity contribution is 5.00. The number of unbranched alkanes of at least 4 members (excludes halogenated alkanes) is 1. The summed E-state index contributed by atoms with van der Waals surface area (Å²) in [5, 5.41) is 4.46. The number of likely N-dealkylation sites (tertiary alicyclic amines) is 1. The van der Waals surface area contributed by atoms with E-state index in [0.717, 1.165) is 5.92 Å². The lowest BCUT2D eigenvalue weighted by Crippen LogP contribution is -2.35. The van der Waals surface area contributed by atoms with Crippen molar-refractivity contribution in [2.24, 2.45) is 5.92 Å². The van der Waals surface area contributed by atoms with Crippen LogP contribution in [0.2, 0.25) is 0 Å². The molecule has 0 aliphatic carbocycles. The maximum absolute atomic E-state index is 4.46. The summed E-state index contributed by atoms with van der Waals surface area (Å²) in [4.78, 5) is 2.63. The molecule has 1 aliphatic rings. The minimum atomic E-state index is 0.626. The van der Waals surface area contributed by atoms with E-state index in [1.54, 1.807) is 0 Å². The molecule has 0 N–H and O–H groups in total. The van der Waals surface area contributed by atoms with Crippen molar-refractivity contribution in [1.82, 2.24) is 14.7 Å². The molecular formula is C16H29N3. The lowest BCUT2D eigenvalue weighted by Gasteiger charge is -2.32. The Morgan fingerprint density at radius 2 is 2.00 bits per heavy atom. The summed E-state index contributed by atoms with van der Waals surface area (Å²) in [5.74, 6) is 0.855. The van der Waals surface area contributed by atoms with Crippen LogP contribution in [-0.4, -0.2) is 34.3 Å². The Balaban J connectivity index is 1.65. The lowest BCUT2D eigenvalue weighted by atomic mass is 10.0. The van der Waals surface area contributed by atoms with Crippen molar-refractivity contribution in [1.29, 1.82) is 0 Å². The summed E-state index contributed by atoms with van der Waals surface area (Å²) in [5.41, 5.74) is 1.27. The molecule has 1 aromatic heterocycles. The van der Waals surface area contributed by atoms with E-state index >= 15 is 0 Å². The van der Waals surface area contributed by atoms with E-state index in [2.05, 4.69) is 41.6 Å². The second-order valence-corrected chi connectivity index (χ2v) is 6.46. The van der Waals surface area contributed by atoms with E-state index in [1.807, 2.05) is 6.20 Å². The predicted molar refractivity (Wildman–Crippen MR) is 80.4 cm³/mol. The van der Waals surface area contributed by atoms with Crippen LogP contribution >= 0.6 is 0 Å². The Labute approximate surface area is 118 Å². The molecular weight excluding hydrogens is 234 g/mol. The monoisotopic (exact) mass is 263 g/mol. The normalized spacial score (nSPS) is 18.3. The second-order valence-electron chi connectivity index (χ2n) is 6.46. The van der Waals surface area contributed by atoms with Gasteiger partial charge in [0.25, 0.3) is 0 Å². The van der Waals surface area contributed by atoms with Crippen LogP contribution in [0.3, 0.4) is 0 Å². The topological polar surface area (TPSA) is 21.1 Å². The fourth-order valence-electron chi connectivity index (χ4n) is 2.93. The van der Waals surface area contributed by atoms with Gasteiger partial charge in [-0.05, 0) is 44.2 Å². The summed E-state index contributed by atoms with van der Waals surface area (Å²) < 4.78 is 2.17. The molecule has 0 bridgehead atoms. The number of piperidine rings is 1. The van der Waals surface area contributed by atoms with Crippen molar-refractivity contribution in [3.8, 4) is 0 Å². The molecule has 0 unspecified atom stereocenters. The van der Waals surface area contributed by atoms with E-state index in [0.29, 0.717) is 6.04 Å². The molecule has 0 radical (unpaired) electrons. The Bertz CT molecular complexity index is 362. The van der Waals surface area contributed by atoms with Gasteiger partial charge in [0.05, 0.1) is 12.2 Å². The van der Waals surface area contributed by atoms with Crippen LogP contribution < -0.4 is 0 Å². The number of hydrogen-bond donors (Lipinski definition) is 0. The largest absolute Gasteiger partial charge is 0.303 e. The molecule has 1 saturated heterocycles. The fourth-order valence-corrected chi connectivity index (χ4v) is 2.93. The van der Waals surface area contributed by atoms with Gasteiger partial charge in [-0.1, -0.05) is 26.7 Å². The van der Waals surface area contributed by atoms with E-state index in [9.17, 15) is 0 Å². The number of aromatic nitrogens is 2. The van der Waals surface area contributed by atoms with Crippen LogP contribution in [-0.2, 0) is 0 Å². The number of hydrogen-bond acceptors (Lipinski definition) is 2. The standard InChI is InChI=1S/C16H29N3/c1-14(2)6-4-5-9-18-10-7-16(8-11-18)19-13-15(3)12-17-19/h12-14,16H,4-11H2,1-3H3. The Kier molecular flexibility index (Phi) is 5.44. The smallest absolute Gasteiger partial charge is 0.0543 e. The molecule has 2 heterocycles. The van der Waals surface area contributed by atoms with E-state index in [4.69, 9.17) is 0 Å². The average Bonchev–Trinajstić information content (AvgIpc) is 2.82. The number of nitrogens with zero attached hydrogens (tertiary/aromatic N) is 3.